The van der Waals surface area contributed by atoms with Crippen LogP contribution >= 0.6 is 0 Å². The van der Waals surface area contributed by atoms with Gasteiger partial charge < -0.3 is 48.4 Å². The SMILES string of the molecule is CC(C)(C)OC(=O)OC(=O)OC(C)(C)C.CCN(CC)CC.COC(=O)c1cccc(CCC2CCC(O)CC2)c1.COC(=O)c1cccc(CN(C(=O)OC(C)(C)C)C2CCC(O)CC2)c1. The second-order valence-electron chi connectivity index (χ2n) is 19.8. The van der Waals surface area contributed by atoms with Gasteiger partial charge in [0.25, 0.3) is 0 Å². The quantitative estimate of drug-likeness (QED) is 0.123. The molecular weight excluding hydrogens is 861 g/mol. The highest BCUT2D eigenvalue weighted by Gasteiger charge is 2.32. The van der Waals surface area contributed by atoms with Crippen molar-refractivity contribution in [3.05, 3.63) is 70.8 Å². The summed E-state index contributed by atoms with van der Waals surface area (Å²) in [6, 6.07) is 14.8. The van der Waals surface area contributed by atoms with E-state index in [1.165, 1.54) is 39.4 Å². The fourth-order valence-corrected chi connectivity index (χ4v) is 7.20. The summed E-state index contributed by atoms with van der Waals surface area (Å²) in [5.41, 5.74) is 1.13. The van der Waals surface area contributed by atoms with Crippen molar-refractivity contribution in [1.82, 2.24) is 9.80 Å². The number of aliphatic hydroxyl groups excluding tert-OH is 2. The molecule has 2 N–H and O–H groups in total. The first-order valence-electron chi connectivity index (χ1n) is 23.8. The summed E-state index contributed by atoms with van der Waals surface area (Å²) in [5, 5.41) is 19.2. The molecule has 380 valence electrons. The molecule has 0 bridgehead atoms. The molecular formula is C52H84N2O13. The molecule has 15 nitrogen and oxygen atoms in total. The van der Waals surface area contributed by atoms with Gasteiger partial charge in [0.1, 0.15) is 16.8 Å². The Morgan fingerprint density at radius 1 is 0.582 bits per heavy atom. The zero-order valence-corrected chi connectivity index (χ0v) is 43.1. The molecule has 2 aliphatic rings. The summed E-state index contributed by atoms with van der Waals surface area (Å²) in [4.78, 5) is 62.1. The van der Waals surface area contributed by atoms with E-state index < -0.39 is 35.1 Å². The maximum absolute atomic E-state index is 12.8. The largest absolute Gasteiger partial charge is 0.519 e. The Bertz CT molecular complexity index is 1740. The molecule has 0 aliphatic heterocycles. The third-order valence-corrected chi connectivity index (χ3v) is 10.7. The van der Waals surface area contributed by atoms with Crippen LogP contribution in [0.15, 0.2) is 48.5 Å². The molecule has 4 rings (SSSR count). The first kappa shape index (κ1) is 60.3. The van der Waals surface area contributed by atoms with Crippen LogP contribution in [0.4, 0.5) is 14.4 Å². The second kappa shape index (κ2) is 29.9. The number of hydrogen-bond donors (Lipinski definition) is 2. The van der Waals surface area contributed by atoms with Crippen LogP contribution in [-0.2, 0) is 41.4 Å². The summed E-state index contributed by atoms with van der Waals surface area (Å²) in [5.74, 6) is 0.0317. The zero-order chi connectivity index (χ0) is 51.0. The number of benzene rings is 2. The van der Waals surface area contributed by atoms with Gasteiger partial charge in [-0.05, 0) is 187 Å². The van der Waals surface area contributed by atoms with Crippen LogP contribution in [0.1, 0.15) is 173 Å². The van der Waals surface area contributed by atoms with Gasteiger partial charge in [0.05, 0.1) is 37.6 Å². The normalized spacial score (nSPS) is 18.2. The van der Waals surface area contributed by atoms with Crippen LogP contribution in [0.2, 0.25) is 0 Å². The van der Waals surface area contributed by atoms with Crippen LogP contribution in [0.25, 0.3) is 0 Å². The van der Waals surface area contributed by atoms with Crippen molar-refractivity contribution < 1.29 is 62.6 Å². The maximum Gasteiger partial charge on any atom is 0.519 e. The number of nitrogens with zero attached hydrogens (tertiary/aromatic N) is 2. The number of carbonyl (C=O) groups excluding carboxylic acids is 5. The average molecular weight is 945 g/mol. The minimum absolute atomic E-state index is 0.00929. The Balaban J connectivity index is 0.000000484. The molecule has 0 unspecified atom stereocenters. The zero-order valence-electron chi connectivity index (χ0n) is 43.1. The van der Waals surface area contributed by atoms with Gasteiger partial charge in [-0.3, -0.25) is 0 Å². The van der Waals surface area contributed by atoms with Gasteiger partial charge >= 0.3 is 30.3 Å². The first-order valence-corrected chi connectivity index (χ1v) is 23.8. The Hall–Kier alpha value is -4.73. The molecule has 2 aromatic rings. The summed E-state index contributed by atoms with van der Waals surface area (Å²) >= 11 is 0. The van der Waals surface area contributed by atoms with Crippen molar-refractivity contribution in [2.45, 2.75) is 189 Å². The molecule has 15 heteroatoms. The van der Waals surface area contributed by atoms with E-state index in [2.05, 4.69) is 36.5 Å². The van der Waals surface area contributed by atoms with Crippen molar-refractivity contribution in [1.29, 1.82) is 0 Å². The molecule has 2 saturated carbocycles. The van der Waals surface area contributed by atoms with E-state index in [9.17, 15) is 34.2 Å². The predicted octanol–water partition coefficient (Wildman–Crippen LogP) is 10.7. The lowest BCUT2D eigenvalue weighted by molar-refractivity contribution is -0.0295. The van der Waals surface area contributed by atoms with Gasteiger partial charge in [-0.1, -0.05) is 45.0 Å². The number of ether oxygens (including phenoxy) is 6. The Morgan fingerprint density at radius 3 is 1.37 bits per heavy atom. The summed E-state index contributed by atoms with van der Waals surface area (Å²) in [6.45, 7) is 26.0. The van der Waals surface area contributed by atoms with Crippen LogP contribution < -0.4 is 0 Å². The molecule has 2 aliphatic carbocycles. The molecule has 0 saturated heterocycles. The molecule has 0 atom stereocenters. The number of amides is 1. The molecule has 0 aromatic heterocycles. The lowest BCUT2D eigenvalue weighted by Gasteiger charge is -2.36. The number of aliphatic hydroxyl groups is 2. The maximum atomic E-state index is 12.8. The van der Waals surface area contributed by atoms with Crippen LogP contribution in [0.5, 0.6) is 0 Å². The van der Waals surface area contributed by atoms with Gasteiger partial charge in [-0.15, -0.1) is 0 Å². The minimum Gasteiger partial charge on any atom is -0.465 e. The van der Waals surface area contributed by atoms with Gasteiger partial charge in [-0.25, -0.2) is 24.0 Å². The molecule has 67 heavy (non-hydrogen) atoms. The number of esters is 2. The third-order valence-electron chi connectivity index (χ3n) is 10.7. The van der Waals surface area contributed by atoms with Gasteiger partial charge in [0.2, 0.25) is 0 Å². The van der Waals surface area contributed by atoms with Crippen molar-refractivity contribution in [2.24, 2.45) is 5.92 Å². The van der Waals surface area contributed by atoms with E-state index in [0.717, 1.165) is 56.9 Å². The second-order valence-corrected chi connectivity index (χ2v) is 19.8. The summed E-state index contributed by atoms with van der Waals surface area (Å²) < 4.78 is 28.9. The molecule has 0 spiro atoms. The summed E-state index contributed by atoms with van der Waals surface area (Å²) in [6.07, 6.45) is 6.19. The van der Waals surface area contributed by atoms with Crippen LogP contribution in [-0.4, -0.2) is 119 Å². The van der Waals surface area contributed by atoms with E-state index in [1.807, 2.05) is 39.0 Å². The fraction of sp³-hybridized carbons (Fsp3) is 0.673. The van der Waals surface area contributed by atoms with E-state index >= 15 is 0 Å². The highest BCUT2D eigenvalue weighted by molar-refractivity contribution is 5.90. The molecule has 1 amide bonds. The van der Waals surface area contributed by atoms with Crippen LogP contribution in [0.3, 0.4) is 0 Å². The molecule has 0 heterocycles. The molecule has 0 radical (unpaired) electrons. The predicted molar refractivity (Wildman–Crippen MR) is 259 cm³/mol. The van der Waals surface area contributed by atoms with Gasteiger partial charge in [0, 0.05) is 12.6 Å². The lowest BCUT2D eigenvalue weighted by Crippen LogP contribution is -2.45. The van der Waals surface area contributed by atoms with E-state index in [1.54, 1.807) is 70.7 Å². The number of rotatable bonds is 11. The number of aryl methyl sites for hydroxylation is 1. The van der Waals surface area contributed by atoms with Crippen LogP contribution in [0, 0.1) is 5.92 Å². The number of hydrogen-bond acceptors (Lipinski definition) is 14. The lowest BCUT2D eigenvalue weighted by atomic mass is 9.84. The number of methoxy groups -OCH3 is 2. The average Bonchev–Trinajstić information content (AvgIpc) is 3.24. The smallest absolute Gasteiger partial charge is 0.465 e. The van der Waals surface area contributed by atoms with Crippen molar-refractivity contribution in [3.63, 3.8) is 0 Å². The standard InChI is InChI=1S/C20H29NO5.C16H22O3.C10H18O5.C6H15N/c1-20(2,3)26-19(24)21(16-8-10-17(22)11-9-16)13-14-6-5-7-15(12-14)18(23)25-4;1-19-16(18)14-4-2-3-13(11-14)6-5-12-7-9-15(17)10-8-12;1-9(2,3)14-7(11)13-8(12)15-10(4,5)6;1-4-7(5-2)6-3/h5-7,12,16-17,22H,8-11,13H2,1-4H3;2-4,11-12,15,17H,5-10H2,1H3;1-6H3;4-6H2,1-3H3. The summed E-state index contributed by atoms with van der Waals surface area (Å²) in [7, 11) is 2.75. The van der Waals surface area contributed by atoms with Gasteiger partial charge in [0.15, 0.2) is 0 Å². The first-order chi connectivity index (χ1) is 31.2. The third kappa shape index (κ3) is 27.0. The molecule has 2 aromatic carbocycles. The topological polar surface area (TPSA) is 188 Å². The fourth-order valence-electron chi connectivity index (χ4n) is 7.20. The minimum atomic E-state index is -1.06. The van der Waals surface area contributed by atoms with Gasteiger partial charge in [-0.2, -0.15) is 0 Å². The Morgan fingerprint density at radius 2 is 0.985 bits per heavy atom. The molecule has 2 fully saturated rings. The van der Waals surface area contributed by atoms with E-state index in [4.69, 9.17) is 23.7 Å². The van der Waals surface area contributed by atoms with Crippen molar-refractivity contribution in [3.8, 4) is 0 Å². The van der Waals surface area contributed by atoms with E-state index in [-0.39, 0.29) is 30.3 Å². The van der Waals surface area contributed by atoms with Crippen molar-refractivity contribution >= 4 is 30.3 Å². The highest BCUT2D eigenvalue weighted by Crippen LogP contribution is 2.29. The Kier molecular flexibility index (Phi) is 26.9. The highest BCUT2D eigenvalue weighted by atomic mass is 16.8. The number of carbonyl (C=O) groups is 5. The monoisotopic (exact) mass is 945 g/mol. The van der Waals surface area contributed by atoms with E-state index in [0.29, 0.717) is 36.4 Å². The van der Waals surface area contributed by atoms with Crippen molar-refractivity contribution in [2.75, 3.05) is 33.9 Å². The Labute approximate surface area is 401 Å².